The van der Waals surface area contributed by atoms with Gasteiger partial charge in [-0.2, -0.15) is 0 Å². The quantitative estimate of drug-likeness (QED) is 0.650. The van der Waals surface area contributed by atoms with Crippen LogP contribution in [0.1, 0.15) is 38.5 Å². The molecular formula is C15H21F2NO. The molecule has 106 valence electrons. The van der Waals surface area contributed by atoms with Crippen molar-refractivity contribution in [3.8, 4) is 5.75 Å². The monoisotopic (exact) mass is 269 g/mol. The number of hydrogen-bond donors (Lipinski definition) is 1. The van der Waals surface area contributed by atoms with Crippen molar-refractivity contribution >= 4 is 0 Å². The summed E-state index contributed by atoms with van der Waals surface area (Å²) in [6.45, 7) is 0.910. The Balaban J connectivity index is 1.71. The molecule has 1 aliphatic rings. The summed E-state index contributed by atoms with van der Waals surface area (Å²) in [6.07, 6.45) is 7.54. The van der Waals surface area contributed by atoms with Crippen LogP contribution in [0.25, 0.3) is 0 Å². The van der Waals surface area contributed by atoms with Crippen LogP contribution in [-0.2, 0) is 0 Å². The van der Waals surface area contributed by atoms with Gasteiger partial charge in [0.1, 0.15) is 6.61 Å². The number of halogens is 2. The summed E-state index contributed by atoms with van der Waals surface area (Å²) >= 11 is 0. The Labute approximate surface area is 113 Å². The molecule has 0 aromatic heterocycles. The minimum absolute atomic E-state index is 0.273. The molecule has 1 aromatic carbocycles. The van der Waals surface area contributed by atoms with Gasteiger partial charge in [0.15, 0.2) is 17.4 Å². The molecule has 1 N–H and O–H groups in total. The third kappa shape index (κ3) is 4.46. The van der Waals surface area contributed by atoms with Gasteiger partial charge in [-0.3, -0.25) is 0 Å². The first kappa shape index (κ1) is 14.3. The molecule has 4 heteroatoms. The van der Waals surface area contributed by atoms with Gasteiger partial charge in [0.2, 0.25) is 0 Å². The van der Waals surface area contributed by atoms with Crippen LogP contribution in [0.2, 0.25) is 0 Å². The molecule has 0 spiro atoms. The molecule has 2 nitrogen and oxygen atoms in total. The Morgan fingerprint density at radius 2 is 1.68 bits per heavy atom. The Hall–Kier alpha value is -1.16. The maximum Gasteiger partial charge on any atom is 0.190 e. The lowest BCUT2D eigenvalue weighted by Crippen LogP contribution is -2.32. The van der Waals surface area contributed by atoms with Crippen LogP contribution in [-0.4, -0.2) is 19.2 Å². The molecule has 0 unspecified atom stereocenters. The third-order valence-corrected chi connectivity index (χ3v) is 3.56. The van der Waals surface area contributed by atoms with Crippen molar-refractivity contribution in [1.29, 1.82) is 0 Å². The normalized spacial score (nSPS) is 17.2. The third-order valence-electron chi connectivity index (χ3n) is 3.56. The first-order valence-electron chi connectivity index (χ1n) is 7.07. The molecule has 0 saturated heterocycles. The number of benzene rings is 1. The highest BCUT2D eigenvalue weighted by Gasteiger charge is 2.12. The maximum absolute atomic E-state index is 13.3. The highest BCUT2D eigenvalue weighted by Crippen LogP contribution is 2.20. The smallest absolute Gasteiger partial charge is 0.190 e. The molecule has 0 atom stereocenters. The first-order valence-corrected chi connectivity index (χ1v) is 7.07. The molecule has 0 radical (unpaired) electrons. The fourth-order valence-electron chi connectivity index (χ4n) is 2.52. The predicted molar refractivity (Wildman–Crippen MR) is 71.3 cm³/mol. The summed E-state index contributed by atoms with van der Waals surface area (Å²) in [5, 5.41) is 3.40. The van der Waals surface area contributed by atoms with Crippen LogP contribution in [0.15, 0.2) is 18.2 Å². The SMILES string of the molecule is Fc1cccc(F)c1OCCNC1CCCCCC1. The number of nitrogens with one attached hydrogen (secondary N) is 1. The highest BCUT2D eigenvalue weighted by atomic mass is 19.1. The lowest BCUT2D eigenvalue weighted by molar-refractivity contribution is 0.274. The van der Waals surface area contributed by atoms with Crippen LogP contribution in [0, 0.1) is 11.6 Å². The fraction of sp³-hybridized carbons (Fsp3) is 0.600. The van der Waals surface area contributed by atoms with E-state index in [9.17, 15) is 8.78 Å². The zero-order valence-electron chi connectivity index (χ0n) is 11.1. The molecule has 0 bridgehead atoms. The van der Waals surface area contributed by atoms with Gasteiger partial charge < -0.3 is 10.1 Å². The predicted octanol–water partition coefficient (Wildman–Crippen LogP) is 3.66. The molecule has 0 heterocycles. The molecule has 19 heavy (non-hydrogen) atoms. The van der Waals surface area contributed by atoms with Crippen molar-refractivity contribution in [1.82, 2.24) is 5.32 Å². The molecule has 2 rings (SSSR count). The summed E-state index contributed by atoms with van der Waals surface area (Å²) < 4.78 is 31.8. The average Bonchev–Trinajstić information content (AvgIpc) is 2.66. The minimum Gasteiger partial charge on any atom is -0.486 e. The molecule has 1 aliphatic carbocycles. The van der Waals surface area contributed by atoms with Gasteiger partial charge in [-0.25, -0.2) is 8.78 Å². The van der Waals surface area contributed by atoms with E-state index < -0.39 is 11.6 Å². The Morgan fingerprint density at radius 1 is 1.05 bits per heavy atom. The van der Waals surface area contributed by atoms with E-state index in [0.717, 1.165) is 0 Å². The van der Waals surface area contributed by atoms with E-state index in [1.165, 1.54) is 56.7 Å². The van der Waals surface area contributed by atoms with E-state index in [-0.39, 0.29) is 12.4 Å². The van der Waals surface area contributed by atoms with Gasteiger partial charge >= 0.3 is 0 Å². The van der Waals surface area contributed by atoms with Crippen LogP contribution >= 0.6 is 0 Å². The minimum atomic E-state index is -0.644. The van der Waals surface area contributed by atoms with Crippen molar-refractivity contribution in [3.05, 3.63) is 29.8 Å². The highest BCUT2D eigenvalue weighted by molar-refractivity contribution is 5.25. The zero-order chi connectivity index (χ0) is 13.5. The molecule has 1 aromatic rings. The molecule has 1 fully saturated rings. The topological polar surface area (TPSA) is 21.3 Å². The van der Waals surface area contributed by atoms with E-state index in [1.807, 2.05) is 0 Å². The Kier molecular flexibility index (Phi) is 5.58. The second-order valence-electron chi connectivity index (χ2n) is 5.04. The number of para-hydroxylation sites is 1. The van der Waals surface area contributed by atoms with E-state index in [4.69, 9.17) is 4.74 Å². The summed E-state index contributed by atoms with van der Waals surface area (Å²) in [4.78, 5) is 0. The molecule has 0 amide bonds. The van der Waals surface area contributed by atoms with Gasteiger partial charge in [-0.15, -0.1) is 0 Å². The van der Waals surface area contributed by atoms with Gasteiger partial charge in [0.25, 0.3) is 0 Å². The number of ether oxygens (including phenoxy) is 1. The van der Waals surface area contributed by atoms with Crippen molar-refractivity contribution in [2.24, 2.45) is 0 Å². The van der Waals surface area contributed by atoms with Gasteiger partial charge in [0, 0.05) is 12.6 Å². The largest absolute Gasteiger partial charge is 0.486 e. The van der Waals surface area contributed by atoms with Crippen LogP contribution < -0.4 is 10.1 Å². The van der Waals surface area contributed by atoms with Gasteiger partial charge in [-0.1, -0.05) is 31.7 Å². The Morgan fingerprint density at radius 3 is 2.32 bits per heavy atom. The standard InChI is InChI=1S/C15H21F2NO/c16-13-8-5-9-14(17)15(13)19-11-10-18-12-6-3-1-2-4-7-12/h5,8-9,12,18H,1-4,6-7,10-11H2. The number of hydrogen-bond acceptors (Lipinski definition) is 2. The van der Waals surface area contributed by atoms with Crippen LogP contribution in [0.5, 0.6) is 5.75 Å². The summed E-state index contributed by atoms with van der Waals surface area (Å²) in [5.74, 6) is -1.56. The summed E-state index contributed by atoms with van der Waals surface area (Å²) in [6, 6.07) is 4.27. The van der Waals surface area contributed by atoms with Crippen molar-refractivity contribution in [3.63, 3.8) is 0 Å². The molecule has 1 saturated carbocycles. The van der Waals surface area contributed by atoms with Crippen molar-refractivity contribution in [2.75, 3.05) is 13.2 Å². The van der Waals surface area contributed by atoms with E-state index >= 15 is 0 Å². The van der Waals surface area contributed by atoms with E-state index in [0.29, 0.717) is 12.6 Å². The number of rotatable bonds is 5. The summed E-state index contributed by atoms with van der Waals surface area (Å²) in [5.41, 5.74) is 0. The van der Waals surface area contributed by atoms with E-state index in [1.54, 1.807) is 0 Å². The van der Waals surface area contributed by atoms with Gasteiger partial charge in [0.05, 0.1) is 0 Å². The van der Waals surface area contributed by atoms with Gasteiger partial charge in [-0.05, 0) is 25.0 Å². The van der Waals surface area contributed by atoms with Crippen LogP contribution in [0.3, 0.4) is 0 Å². The maximum atomic E-state index is 13.3. The Bertz CT molecular complexity index is 369. The van der Waals surface area contributed by atoms with Crippen LogP contribution in [0.4, 0.5) is 8.78 Å². The van der Waals surface area contributed by atoms with E-state index in [2.05, 4.69) is 5.32 Å². The van der Waals surface area contributed by atoms with Crippen molar-refractivity contribution < 1.29 is 13.5 Å². The van der Waals surface area contributed by atoms with Crippen molar-refractivity contribution in [2.45, 2.75) is 44.6 Å². The lowest BCUT2D eigenvalue weighted by atomic mass is 10.1. The second-order valence-corrected chi connectivity index (χ2v) is 5.04. The average molecular weight is 269 g/mol. The zero-order valence-corrected chi connectivity index (χ0v) is 11.1. The second kappa shape index (κ2) is 7.43. The molecule has 0 aliphatic heterocycles. The lowest BCUT2D eigenvalue weighted by Gasteiger charge is -2.16. The molecular weight excluding hydrogens is 248 g/mol. The summed E-state index contributed by atoms with van der Waals surface area (Å²) in [7, 11) is 0. The fourth-order valence-corrected chi connectivity index (χ4v) is 2.52. The first-order chi connectivity index (χ1) is 9.27.